The van der Waals surface area contributed by atoms with Crippen molar-refractivity contribution < 1.29 is 0 Å². The van der Waals surface area contributed by atoms with Crippen LogP contribution in [0.25, 0.3) is 77.9 Å². The Kier molecular flexibility index (Phi) is 14.0. The molecule has 0 fully saturated rings. The van der Waals surface area contributed by atoms with Crippen molar-refractivity contribution in [1.29, 1.82) is 0 Å². The smallest absolute Gasteiger partial charge is 0.0462 e. The summed E-state index contributed by atoms with van der Waals surface area (Å²) in [5.74, 6) is 0.393. The molecule has 13 rings (SSSR count). The molecule has 0 bridgehead atoms. The molecule has 0 amide bonds. The Labute approximate surface area is 470 Å². The molecule has 12 aromatic carbocycles. The fourth-order valence-electron chi connectivity index (χ4n) is 11.1. The van der Waals surface area contributed by atoms with Gasteiger partial charge >= 0.3 is 0 Å². The predicted molar refractivity (Wildman–Crippen MR) is 339 cm³/mol. The van der Waals surface area contributed by atoms with Gasteiger partial charge in [-0.3, -0.25) is 0 Å². The maximum Gasteiger partial charge on any atom is 0.0462 e. The first-order valence-corrected chi connectivity index (χ1v) is 27.7. The van der Waals surface area contributed by atoms with Crippen LogP contribution in [-0.2, 0) is 0 Å². The van der Waals surface area contributed by atoms with Crippen LogP contribution >= 0.6 is 0 Å². The quantitative estimate of drug-likeness (QED) is 0.107. The predicted octanol–water partition coefficient (Wildman–Crippen LogP) is 21.9. The lowest BCUT2D eigenvalue weighted by molar-refractivity contribution is 0.854. The molecule has 380 valence electrons. The lowest BCUT2D eigenvalue weighted by atomic mass is 9.92. The highest BCUT2D eigenvalue weighted by atomic mass is 15.1. The molecule has 1 aliphatic carbocycles. The lowest BCUT2D eigenvalue weighted by Crippen LogP contribution is -2.10. The zero-order chi connectivity index (χ0) is 53.5. The van der Waals surface area contributed by atoms with Gasteiger partial charge in [-0.1, -0.05) is 261 Å². The molecule has 1 unspecified atom stereocenters. The number of hydrogen-bond acceptors (Lipinski definition) is 2. The van der Waals surface area contributed by atoms with Crippen LogP contribution in [0, 0.1) is 0 Å². The fraction of sp³-hybridized carbons (Fsp3) is 0.0256. The SMILES string of the molecule is C1=CCC(c2ccc(N(c3ccc(-c4ccc(-c5ccccc5)cc4)cc3)c3ccc(-c4ccc(-c5ccc(N(c6ccc(-c7ccccc7)cc6)c6ccc(-c7ccc(-c8ccccc8)cc7)cc6)cc5)cc4)cc3)cc2)C=C1. The number of rotatable bonds is 14. The van der Waals surface area contributed by atoms with Crippen molar-refractivity contribution in [3.63, 3.8) is 0 Å². The third kappa shape index (κ3) is 10.7. The van der Waals surface area contributed by atoms with E-state index in [9.17, 15) is 0 Å². The van der Waals surface area contributed by atoms with Gasteiger partial charge in [0.1, 0.15) is 0 Å². The molecule has 0 radical (unpaired) electrons. The number of hydrogen-bond donors (Lipinski definition) is 0. The second-order valence-corrected chi connectivity index (χ2v) is 20.5. The highest BCUT2D eigenvalue weighted by molar-refractivity contribution is 5.84. The van der Waals surface area contributed by atoms with Gasteiger partial charge in [-0.05, 0) is 163 Å². The summed E-state index contributed by atoms with van der Waals surface area (Å²) in [6.45, 7) is 0. The van der Waals surface area contributed by atoms with E-state index in [1.165, 1.54) is 77.9 Å². The number of benzene rings is 12. The van der Waals surface area contributed by atoms with Gasteiger partial charge in [0.15, 0.2) is 0 Å². The number of anilines is 6. The molecule has 12 aromatic rings. The highest BCUT2D eigenvalue weighted by Crippen LogP contribution is 2.41. The number of nitrogens with zero attached hydrogens (tertiary/aromatic N) is 2. The van der Waals surface area contributed by atoms with Crippen molar-refractivity contribution in [1.82, 2.24) is 0 Å². The second-order valence-electron chi connectivity index (χ2n) is 20.5. The van der Waals surface area contributed by atoms with Crippen molar-refractivity contribution in [3.8, 4) is 77.9 Å². The summed E-state index contributed by atoms with van der Waals surface area (Å²) < 4.78 is 0. The first-order valence-electron chi connectivity index (χ1n) is 27.7. The van der Waals surface area contributed by atoms with Crippen LogP contribution in [0.3, 0.4) is 0 Å². The molecule has 2 heteroatoms. The summed E-state index contributed by atoms with van der Waals surface area (Å²) >= 11 is 0. The van der Waals surface area contributed by atoms with Crippen LogP contribution in [0.15, 0.2) is 334 Å². The molecular weight excluding hydrogens is 965 g/mol. The Bertz CT molecular complexity index is 4020. The monoisotopic (exact) mass is 1020 g/mol. The van der Waals surface area contributed by atoms with Gasteiger partial charge in [-0.25, -0.2) is 0 Å². The average Bonchev–Trinajstić information content (AvgIpc) is 3.55. The summed E-state index contributed by atoms with van der Waals surface area (Å²) in [5, 5.41) is 0. The zero-order valence-electron chi connectivity index (χ0n) is 44.4. The van der Waals surface area contributed by atoms with Gasteiger partial charge in [0.05, 0.1) is 0 Å². The molecular formula is C78H58N2. The van der Waals surface area contributed by atoms with Crippen LogP contribution in [-0.4, -0.2) is 0 Å². The van der Waals surface area contributed by atoms with E-state index in [2.05, 4.69) is 343 Å². The van der Waals surface area contributed by atoms with Crippen molar-refractivity contribution in [2.75, 3.05) is 9.80 Å². The third-order valence-corrected chi connectivity index (χ3v) is 15.5. The van der Waals surface area contributed by atoms with E-state index >= 15 is 0 Å². The fourth-order valence-corrected chi connectivity index (χ4v) is 11.1. The van der Waals surface area contributed by atoms with Crippen LogP contribution in [0.1, 0.15) is 17.9 Å². The summed E-state index contributed by atoms with van der Waals surface area (Å²) in [5.41, 5.74) is 24.6. The minimum atomic E-state index is 0.393. The van der Waals surface area contributed by atoms with Crippen LogP contribution in [0.4, 0.5) is 34.1 Å². The van der Waals surface area contributed by atoms with Crippen LogP contribution in [0.5, 0.6) is 0 Å². The lowest BCUT2D eigenvalue weighted by Gasteiger charge is -2.26. The minimum absolute atomic E-state index is 0.393. The molecule has 0 heterocycles. The molecule has 0 saturated heterocycles. The van der Waals surface area contributed by atoms with Crippen molar-refractivity contribution in [2.45, 2.75) is 12.3 Å². The molecule has 0 spiro atoms. The van der Waals surface area contributed by atoms with Gasteiger partial charge in [0.25, 0.3) is 0 Å². The Morgan fingerprint density at radius 3 is 0.613 bits per heavy atom. The Balaban J connectivity index is 0.749. The molecule has 0 aliphatic heterocycles. The van der Waals surface area contributed by atoms with E-state index in [1.54, 1.807) is 0 Å². The van der Waals surface area contributed by atoms with Crippen molar-refractivity contribution >= 4 is 34.1 Å². The van der Waals surface area contributed by atoms with E-state index in [0.717, 1.165) is 46.1 Å². The maximum atomic E-state index is 2.36. The van der Waals surface area contributed by atoms with Crippen LogP contribution in [0.2, 0.25) is 0 Å². The molecule has 2 nitrogen and oxygen atoms in total. The van der Waals surface area contributed by atoms with Crippen LogP contribution < -0.4 is 9.80 Å². The van der Waals surface area contributed by atoms with E-state index < -0.39 is 0 Å². The highest BCUT2D eigenvalue weighted by Gasteiger charge is 2.17. The molecule has 1 aliphatic rings. The van der Waals surface area contributed by atoms with Gasteiger partial charge in [-0.15, -0.1) is 0 Å². The maximum absolute atomic E-state index is 2.36. The Morgan fingerprint density at radius 2 is 0.400 bits per heavy atom. The summed E-state index contributed by atoms with van der Waals surface area (Å²) in [7, 11) is 0. The van der Waals surface area contributed by atoms with Crippen molar-refractivity contribution in [3.05, 3.63) is 339 Å². The first-order chi connectivity index (χ1) is 39.6. The summed E-state index contributed by atoms with van der Waals surface area (Å²) in [6, 6.07) is 112. The minimum Gasteiger partial charge on any atom is -0.311 e. The zero-order valence-corrected chi connectivity index (χ0v) is 44.4. The topological polar surface area (TPSA) is 6.48 Å². The molecule has 0 N–H and O–H groups in total. The van der Waals surface area contributed by atoms with Gasteiger partial charge in [0, 0.05) is 40.0 Å². The normalized spacial score (nSPS) is 12.7. The Hall–Kier alpha value is -10.3. The largest absolute Gasteiger partial charge is 0.311 e. The molecule has 0 aromatic heterocycles. The van der Waals surface area contributed by atoms with Gasteiger partial charge in [-0.2, -0.15) is 0 Å². The van der Waals surface area contributed by atoms with Crippen molar-refractivity contribution in [2.24, 2.45) is 0 Å². The molecule has 1 atom stereocenters. The summed E-state index contributed by atoms with van der Waals surface area (Å²) in [4.78, 5) is 4.71. The Morgan fingerprint density at radius 1 is 0.200 bits per heavy atom. The second kappa shape index (κ2) is 22.7. The number of allylic oxidation sites excluding steroid dienone is 4. The van der Waals surface area contributed by atoms with E-state index in [1.807, 2.05) is 0 Å². The summed E-state index contributed by atoms with van der Waals surface area (Å²) in [6.07, 6.45) is 9.88. The third-order valence-electron chi connectivity index (χ3n) is 15.5. The first kappa shape index (κ1) is 49.3. The van der Waals surface area contributed by atoms with Gasteiger partial charge in [0.2, 0.25) is 0 Å². The standard InChI is InChI=1S/C78H58N2/c1-5-13-57(14-6-1)61-21-25-63(26-22-61)69-37-49-75(50-38-69)79(73-45-33-67(34-46-73)59-17-9-3-10-18-59)77-53-41-71(42-54-77)65-29-31-66(32-30-65)72-43-55-78(56-44-72)80(74-47-35-68(36-48-74)60-19-11-4-12-20-60)76-51-39-70(40-52-76)64-27-23-62(24-28-64)58-15-7-2-8-16-58/h1-19,21-56,60H,20H2. The van der Waals surface area contributed by atoms with E-state index in [0.29, 0.717) is 5.92 Å². The molecule has 0 saturated carbocycles. The van der Waals surface area contributed by atoms with Gasteiger partial charge < -0.3 is 9.80 Å². The molecule has 80 heavy (non-hydrogen) atoms. The average molecular weight is 1020 g/mol. The van der Waals surface area contributed by atoms with E-state index in [4.69, 9.17) is 0 Å². The van der Waals surface area contributed by atoms with E-state index in [-0.39, 0.29) is 0 Å².